The predicted molar refractivity (Wildman–Crippen MR) is 96.5 cm³/mol. The molecule has 1 fully saturated rings. The van der Waals surface area contributed by atoms with E-state index in [1.54, 1.807) is 0 Å². The highest BCUT2D eigenvalue weighted by atomic mass is 127. The molecule has 3 heteroatoms. The molecule has 2 nitrogen and oxygen atoms in total. The number of nitrogens with zero attached hydrogens (tertiary/aromatic N) is 1. The summed E-state index contributed by atoms with van der Waals surface area (Å²) >= 11 is 2.35. The zero-order valence-electron chi connectivity index (χ0n) is 12.6. The zero-order chi connectivity index (χ0) is 14.7. The Morgan fingerprint density at radius 3 is 2.67 bits per heavy atom. The van der Waals surface area contributed by atoms with Crippen molar-refractivity contribution in [3.05, 3.63) is 57.4 Å². The van der Waals surface area contributed by atoms with E-state index in [2.05, 4.69) is 82.1 Å². The molecule has 1 unspecified atom stereocenters. The maximum absolute atomic E-state index is 3.72. The Morgan fingerprint density at radius 2 is 2.00 bits per heavy atom. The Morgan fingerprint density at radius 1 is 1.24 bits per heavy atom. The Labute approximate surface area is 141 Å². The molecule has 2 aromatic rings. The van der Waals surface area contributed by atoms with E-state index < -0.39 is 0 Å². The lowest BCUT2D eigenvalue weighted by Gasteiger charge is -2.16. The van der Waals surface area contributed by atoms with Gasteiger partial charge in [-0.2, -0.15) is 0 Å². The number of hydrogen-bond acceptors (Lipinski definition) is 1. The second-order valence-electron chi connectivity index (χ2n) is 6.01. The Bertz CT molecular complexity index is 569. The Kier molecular flexibility index (Phi) is 5.01. The fourth-order valence-corrected chi connectivity index (χ4v) is 3.19. The second kappa shape index (κ2) is 6.97. The van der Waals surface area contributed by atoms with Crippen molar-refractivity contribution < 1.29 is 0 Å². The first-order chi connectivity index (χ1) is 10.3. The van der Waals surface area contributed by atoms with E-state index in [0.29, 0.717) is 6.04 Å². The van der Waals surface area contributed by atoms with Gasteiger partial charge in [0.1, 0.15) is 0 Å². The lowest BCUT2D eigenvalue weighted by atomic mass is 10.1. The minimum Gasteiger partial charge on any atom is -0.350 e. The molecule has 0 bridgehead atoms. The summed E-state index contributed by atoms with van der Waals surface area (Å²) < 4.78 is 3.60. The van der Waals surface area contributed by atoms with Crippen LogP contribution in [0.1, 0.15) is 43.4 Å². The molecule has 0 saturated heterocycles. The van der Waals surface area contributed by atoms with Crippen molar-refractivity contribution in [2.75, 3.05) is 6.54 Å². The van der Waals surface area contributed by atoms with Crippen molar-refractivity contribution in [1.82, 2.24) is 9.88 Å². The molecule has 1 aliphatic rings. The van der Waals surface area contributed by atoms with Crippen molar-refractivity contribution in [2.24, 2.45) is 5.92 Å². The Balaban J connectivity index is 1.68. The number of halogens is 1. The van der Waals surface area contributed by atoms with E-state index >= 15 is 0 Å². The average Bonchev–Trinajstić information content (AvgIpc) is 3.22. The molecule has 1 aromatic carbocycles. The van der Waals surface area contributed by atoms with Crippen LogP contribution in [0.5, 0.6) is 0 Å². The third-order valence-corrected chi connectivity index (χ3v) is 4.84. The minimum absolute atomic E-state index is 0.558. The standard InChI is InChI=1S/C18H23IN2/c1-2-10-20-18(15-5-6-15)16-9-11-21(13-16)12-14-3-7-17(19)8-4-14/h3-4,7-9,11,13,15,18,20H,2,5-6,10,12H2,1H3. The van der Waals surface area contributed by atoms with Gasteiger partial charge in [0.25, 0.3) is 0 Å². The van der Waals surface area contributed by atoms with Crippen LogP contribution in [0.3, 0.4) is 0 Å². The number of rotatable bonds is 7. The summed E-state index contributed by atoms with van der Waals surface area (Å²) in [7, 11) is 0. The third kappa shape index (κ3) is 4.10. The van der Waals surface area contributed by atoms with E-state index in [0.717, 1.165) is 19.0 Å². The molecule has 112 valence electrons. The first kappa shape index (κ1) is 15.1. The van der Waals surface area contributed by atoms with E-state index in [9.17, 15) is 0 Å². The molecule has 3 rings (SSSR count). The van der Waals surface area contributed by atoms with Crippen molar-refractivity contribution in [1.29, 1.82) is 0 Å². The molecule has 1 aromatic heterocycles. The van der Waals surface area contributed by atoms with Gasteiger partial charge < -0.3 is 9.88 Å². The van der Waals surface area contributed by atoms with Gasteiger partial charge in [-0.1, -0.05) is 19.1 Å². The maximum Gasteiger partial charge on any atom is 0.0470 e. The van der Waals surface area contributed by atoms with E-state index in [-0.39, 0.29) is 0 Å². The van der Waals surface area contributed by atoms with Gasteiger partial charge in [-0.05, 0) is 83.6 Å². The largest absolute Gasteiger partial charge is 0.350 e. The first-order valence-corrected chi connectivity index (χ1v) is 8.97. The zero-order valence-corrected chi connectivity index (χ0v) is 14.7. The molecular weight excluding hydrogens is 371 g/mol. The van der Waals surface area contributed by atoms with Crippen LogP contribution in [0.2, 0.25) is 0 Å². The number of nitrogens with one attached hydrogen (secondary N) is 1. The van der Waals surface area contributed by atoms with Crippen LogP contribution < -0.4 is 5.32 Å². The minimum atomic E-state index is 0.558. The third-order valence-electron chi connectivity index (χ3n) is 4.12. The summed E-state index contributed by atoms with van der Waals surface area (Å²) in [4.78, 5) is 0. The second-order valence-corrected chi connectivity index (χ2v) is 7.26. The van der Waals surface area contributed by atoms with Gasteiger partial charge in [-0.15, -0.1) is 0 Å². The molecule has 1 atom stereocenters. The summed E-state index contributed by atoms with van der Waals surface area (Å²) in [5.74, 6) is 0.853. The molecule has 0 radical (unpaired) electrons. The highest BCUT2D eigenvalue weighted by Crippen LogP contribution is 2.41. The maximum atomic E-state index is 3.72. The van der Waals surface area contributed by atoms with Gasteiger partial charge in [0, 0.05) is 28.6 Å². The monoisotopic (exact) mass is 394 g/mol. The van der Waals surface area contributed by atoms with E-state index in [4.69, 9.17) is 0 Å². The van der Waals surface area contributed by atoms with Crippen molar-refractivity contribution in [3.8, 4) is 0 Å². The van der Waals surface area contributed by atoms with Crippen molar-refractivity contribution >= 4 is 22.6 Å². The normalized spacial score (nSPS) is 16.1. The molecule has 21 heavy (non-hydrogen) atoms. The molecule has 1 heterocycles. The summed E-state index contributed by atoms with van der Waals surface area (Å²) in [5, 5.41) is 3.72. The first-order valence-electron chi connectivity index (χ1n) is 7.90. The van der Waals surface area contributed by atoms with Gasteiger partial charge in [0.2, 0.25) is 0 Å². The van der Waals surface area contributed by atoms with Gasteiger partial charge in [0.15, 0.2) is 0 Å². The van der Waals surface area contributed by atoms with Gasteiger partial charge in [-0.25, -0.2) is 0 Å². The lowest BCUT2D eigenvalue weighted by molar-refractivity contribution is 0.480. The fourth-order valence-electron chi connectivity index (χ4n) is 2.83. The van der Waals surface area contributed by atoms with Crippen LogP contribution in [-0.4, -0.2) is 11.1 Å². The molecule has 0 spiro atoms. The van der Waals surface area contributed by atoms with Crippen LogP contribution in [0.15, 0.2) is 42.7 Å². The number of benzene rings is 1. The van der Waals surface area contributed by atoms with Crippen molar-refractivity contribution in [3.63, 3.8) is 0 Å². The highest BCUT2D eigenvalue weighted by molar-refractivity contribution is 14.1. The molecule has 1 N–H and O–H groups in total. The van der Waals surface area contributed by atoms with Gasteiger partial charge in [-0.3, -0.25) is 0 Å². The Hall–Kier alpha value is -0.810. The van der Waals surface area contributed by atoms with Crippen LogP contribution in [0.25, 0.3) is 0 Å². The average molecular weight is 394 g/mol. The van der Waals surface area contributed by atoms with Crippen LogP contribution >= 0.6 is 22.6 Å². The van der Waals surface area contributed by atoms with Crippen molar-refractivity contribution in [2.45, 2.75) is 38.8 Å². The van der Waals surface area contributed by atoms with Gasteiger partial charge >= 0.3 is 0 Å². The molecular formula is C18H23IN2. The molecule has 1 saturated carbocycles. The van der Waals surface area contributed by atoms with Crippen LogP contribution in [-0.2, 0) is 6.54 Å². The molecule has 0 aliphatic heterocycles. The number of aromatic nitrogens is 1. The quantitative estimate of drug-likeness (QED) is 0.680. The van der Waals surface area contributed by atoms with E-state index in [1.165, 1.54) is 34.0 Å². The van der Waals surface area contributed by atoms with Crippen LogP contribution in [0, 0.1) is 9.49 Å². The SMILES string of the molecule is CCCNC(c1ccn(Cc2ccc(I)cc2)c1)C1CC1. The van der Waals surface area contributed by atoms with Crippen LogP contribution in [0.4, 0.5) is 0 Å². The smallest absolute Gasteiger partial charge is 0.0470 e. The predicted octanol–water partition coefficient (Wildman–Crippen LogP) is 4.59. The topological polar surface area (TPSA) is 17.0 Å². The highest BCUT2D eigenvalue weighted by Gasteiger charge is 2.32. The summed E-state index contributed by atoms with van der Waals surface area (Å²) in [6.45, 7) is 4.31. The number of hydrogen-bond donors (Lipinski definition) is 1. The summed E-state index contributed by atoms with van der Waals surface area (Å²) in [6.07, 6.45) is 8.50. The van der Waals surface area contributed by atoms with Gasteiger partial charge in [0.05, 0.1) is 0 Å². The lowest BCUT2D eigenvalue weighted by Crippen LogP contribution is -2.23. The summed E-state index contributed by atoms with van der Waals surface area (Å²) in [6, 6.07) is 11.6. The summed E-state index contributed by atoms with van der Waals surface area (Å²) in [5.41, 5.74) is 2.82. The van der Waals surface area contributed by atoms with E-state index in [1.807, 2.05) is 0 Å². The fraction of sp³-hybridized carbons (Fsp3) is 0.444. The molecule has 1 aliphatic carbocycles. The molecule has 0 amide bonds.